The van der Waals surface area contributed by atoms with Gasteiger partial charge in [0.2, 0.25) is 0 Å². The topological polar surface area (TPSA) is 60.9 Å². The number of rotatable bonds is 2. The highest BCUT2D eigenvalue weighted by atomic mass is 79.9. The van der Waals surface area contributed by atoms with E-state index in [0.29, 0.717) is 0 Å². The molecular weight excluding hydrogens is 308 g/mol. The minimum absolute atomic E-state index is 0.730. The Bertz CT molecular complexity index is 599. The normalized spacial score (nSPS) is 21.2. The molecule has 2 aromatic heterocycles. The summed E-state index contributed by atoms with van der Waals surface area (Å²) >= 11 is 3.46. The van der Waals surface area contributed by atoms with Crippen molar-refractivity contribution in [1.29, 1.82) is 0 Å². The summed E-state index contributed by atoms with van der Waals surface area (Å²) < 4.78 is 0.788. The summed E-state index contributed by atoms with van der Waals surface area (Å²) in [5, 5.41) is 8.05. The highest BCUT2D eigenvalue weighted by molar-refractivity contribution is 9.10. The van der Waals surface area contributed by atoms with E-state index in [-0.39, 0.29) is 0 Å². The first-order valence-electron chi connectivity index (χ1n) is 6.50. The standard InChI is InChI=1S/C12H14BrN6/c13-10-9-11(17-16-10)14-7-15-12(9)19-5-3-18(4-6-19)8-1-2-8/h1,7-8H,2-6H2,(H,14,15,16,17). The van der Waals surface area contributed by atoms with Crippen LogP contribution in [-0.2, 0) is 0 Å². The van der Waals surface area contributed by atoms with Gasteiger partial charge in [0.05, 0.1) is 5.39 Å². The Hall–Kier alpha value is -1.21. The van der Waals surface area contributed by atoms with Crippen LogP contribution in [0, 0.1) is 6.42 Å². The van der Waals surface area contributed by atoms with Crippen LogP contribution in [0.1, 0.15) is 6.42 Å². The lowest BCUT2D eigenvalue weighted by Gasteiger charge is -2.35. The largest absolute Gasteiger partial charge is 0.353 e. The Morgan fingerprint density at radius 1 is 1.21 bits per heavy atom. The van der Waals surface area contributed by atoms with Crippen LogP contribution in [-0.4, -0.2) is 57.3 Å². The second-order valence-corrected chi connectivity index (χ2v) is 5.75. The van der Waals surface area contributed by atoms with E-state index in [2.05, 4.69) is 52.3 Å². The molecule has 1 atom stereocenters. The number of hydrogen-bond donors (Lipinski definition) is 1. The number of nitrogens with one attached hydrogen (secondary N) is 1. The fourth-order valence-electron chi connectivity index (χ4n) is 2.67. The van der Waals surface area contributed by atoms with Crippen LogP contribution in [0.5, 0.6) is 0 Å². The fourth-order valence-corrected chi connectivity index (χ4v) is 3.13. The van der Waals surface area contributed by atoms with Crippen molar-refractivity contribution in [1.82, 2.24) is 25.1 Å². The van der Waals surface area contributed by atoms with Crippen molar-refractivity contribution in [2.45, 2.75) is 12.5 Å². The maximum absolute atomic E-state index is 4.45. The predicted octanol–water partition coefficient (Wildman–Crippen LogP) is 1.21. The summed E-state index contributed by atoms with van der Waals surface area (Å²) in [5.74, 6) is 0.977. The number of anilines is 1. The van der Waals surface area contributed by atoms with Crippen molar-refractivity contribution in [2.24, 2.45) is 0 Å². The average Bonchev–Trinajstić information content (AvgIpc) is 3.23. The number of piperazine rings is 1. The molecule has 7 heteroatoms. The molecule has 99 valence electrons. The molecule has 0 spiro atoms. The summed E-state index contributed by atoms with van der Waals surface area (Å²) in [5.41, 5.74) is 0.787. The summed E-state index contributed by atoms with van der Waals surface area (Å²) in [6.07, 6.45) is 5.22. The molecule has 1 radical (unpaired) electrons. The van der Waals surface area contributed by atoms with Crippen molar-refractivity contribution in [3.63, 3.8) is 0 Å². The lowest BCUT2D eigenvalue weighted by molar-refractivity contribution is 0.254. The van der Waals surface area contributed by atoms with Crippen LogP contribution >= 0.6 is 15.9 Å². The maximum Gasteiger partial charge on any atom is 0.161 e. The number of halogens is 1. The van der Waals surface area contributed by atoms with Gasteiger partial charge >= 0.3 is 0 Å². The summed E-state index contributed by atoms with van der Waals surface area (Å²) in [7, 11) is 0. The van der Waals surface area contributed by atoms with Crippen LogP contribution in [0.3, 0.4) is 0 Å². The van der Waals surface area contributed by atoms with E-state index in [1.807, 2.05) is 0 Å². The van der Waals surface area contributed by atoms with Crippen LogP contribution in [0.4, 0.5) is 5.82 Å². The molecule has 6 nitrogen and oxygen atoms in total. The second kappa shape index (κ2) is 4.42. The Kier molecular flexibility index (Phi) is 2.70. The van der Waals surface area contributed by atoms with Gasteiger partial charge in [-0.1, -0.05) is 0 Å². The van der Waals surface area contributed by atoms with Gasteiger partial charge in [-0.15, -0.1) is 0 Å². The zero-order chi connectivity index (χ0) is 12.8. The first-order chi connectivity index (χ1) is 9.33. The second-order valence-electron chi connectivity index (χ2n) is 5.00. The van der Waals surface area contributed by atoms with Crippen molar-refractivity contribution >= 4 is 32.8 Å². The third-order valence-electron chi connectivity index (χ3n) is 3.82. The number of aromatic nitrogens is 4. The van der Waals surface area contributed by atoms with Crippen LogP contribution in [0.15, 0.2) is 10.9 Å². The first-order valence-corrected chi connectivity index (χ1v) is 7.29. The van der Waals surface area contributed by atoms with Crippen LogP contribution in [0.25, 0.3) is 11.0 Å². The summed E-state index contributed by atoms with van der Waals surface area (Å²) in [4.78, 5) is 13.5. The summed E-state index contributed by atoms with van der Waals surface area (Å²) in [6, 6.07) is 0.730. The van der Waals surface area contributed by atoms with Gasteiger partial charge in [-0.3, -0.25) is 10.00 Å². The number of H-pyrrole nitrogens is 1. The molecule has 4 rings (SSSR count). The third kappa shape index (κ3) is 2.01. The molecular formula is C12H14BrN6. The van der Waals surface area contributed by atoms with Gasteiger partial charge in [-0.05, 0) is 28.8 Å². The highest BCUT2D eigenvalue weighted by Crippen LogP contribution is 2.31. The molecule has 2 fully saturated rings. The molecule has 0 bridgehead atoms. The van der Waals surface area contributed by atoms with Gasteiger partial charge in [0.25, 0.3) is 0 Å². The highest BCUT2D eigenvalue weighted by Gasteiger charge is 2.32. The Morgan fingerprint density at radius 2 is 2.00 bits per heavy atom. The molecule has 1 unspecified atom stereocenters. The minimum Gasteiger partial charge on any atom is -0.353 e. The van der Waals surface area contributed by atoms with E-state index in [0.717, 1.165) is 53.7 Å². The zero-order valence-electron chi connectivity index (χ0n) is 10.4. The van der Waals surface area contributed by atoms with E-state index in [9.17, 15) is 0 Å². The van der Waals surface area contributed by atoms with E-state index in [4.69, 9.17) is 0 Å². The van der Waals surface area contributed by atoms with Crippen molar-refractivity contribution in [3.8, 4) is 0 Å². The zero-order valence-corrected chi connectivity index (χ0v) is 12.0. The molecule has 2 aromatic rings. The molecule has 1 aliphatic carbocycles. The molecule has 2 aliphatic rings. The molecule has 3 heterocycles. The molecule has 0 aromatic carbocycles. The first kappa shape index (κ1) is 11.6. The average molecular weight is 322 g/mol. The van der Waals surface area contributed by atoms with Gasteiger partial charge < -0.3 is 4.90 Å². The SMILES string of the molecule is Brc1n[nH]c2ncnc(N3CCN(C4[CH]C4)CC3)c12. The number of hydrogen-bond acceptors (Lipinski definition) is 5. The van der Waals surface area contributed by atoms with E-state index in [1.54, 1.807) is 6.33 Å². The smallest absolute Gasteiger partial charge is 0.161 e. The minimum atomic E-state index is 0.730. The Labute approximate surface area is 119 Å². The third-order valence-corrected chi connectivity index (χ3v) is 4.40. The fraction of sp³-hybridized carbons (Fsp3) is 0.500. The van der Waals surface area contributed by atoms with Crippen molar-refractivity contribution in [2.75, 3.05) is 31.1 Å². The predicted molar refractivity (Wildman–Crippen MR) is 75.9 cm³/mol. The van der Waals surface area contributed by atoms with Crippen LogP contribution < -0.4 is 4.90 Å². The molecule has 0 amide bonds. The molecule has 1 aliphatic heterocycles. The van der Waals surface area contributed by atoms with Crippen molar-refractivity contribution < 1.29 is 0 Å². The molecule has 19 heavy (non-hydrogen) atoms. The molecule has 1 saturated heterocycles. The van der Waals surface area contributed by atoms with Crippen molar-refractivity contribution in [3.05, 3.63) is 17.4 Å². The monoisotopic (exact) mass is 321 g/mol. The number of nitrogens with zero attached hydrogens (tertiary/aromatic N) is 5. The number of fused-ring (bicyclic) bond motifs is 1. The van der Waals surface area contributed by atoms with E-state index >= 15 is 0 Å². The van der Waals surface area contributed by atoms with Gasteiger partial charge in [0.15, 0.2) is 5.65 Å². The molecule has 1 saturated carbocycles. The van der Waals surface area contributed by atoms with Gasteiger partial charge in [0, 0.05) is 32.2 Å². The van der Waals surface area contributed by atoms with Gasteiger partial charge in [0.1, 0.15) is 16.7 Å². The van der Waals surface area contributed by atoms with E-state index in [1.165, 1.54) is 6.42 Å². The van der Waals surface area contributed by atoms with E-state index < -0.39 is 0 Å². The Morgan fingerprint density at radius 3 is 2.74 bits per heavy atom. The lowest BCUT2D eigenvalue weighted by atomic mass is 10.2. The number of aromatic amines is 1. The molecule has 1 N–H and O–H groups in total. The van der Waals surface area contributed by atoms with Gasteiger partial charge in [-0.2, -0.15) is 5.10 Å². The quantitative estimate of drug-likeness (QED) is 0.901. The lowest BCUT2D eigenvalue weighted by Crippen LogP contribution is -2.47. The summed E-state index contributed by atoms with van der Waals surface area (Å²) in [6.45, 7) is 4.21. The van der Waals surface area contributed by atoms with Gasteiger partial charge in [-0.25, -0.2) is 9.97 Å². The maximum atomic E-state index is 4.45. The Balaban J connectivity index is 1.62. The van der Waals surface area contributed by atoms with Crippen LogP contribution in [0.2, 0.25) is 0 Å².